The highest BCUT2D eigenvalue weighted by Crippen LogP contribution is 2.40. The zero-order valence-corrected chi connectivity index (χ0v) is 10.3. The first-order chi connectivity index (χ1) is 8.58. The SMILES string of the molecule is CC(C)c1noc2nc(C3CC3)cc(C(=O)O)c12. The van der Waals surface area contributed by atoms with Crippen LogP contribution in [-0.4, -0.2) is 21.2 Å². The van der Waals surface area contributed by atoms with Crippen molar-refractivity contribution in [3.8, 4) is 0 Å². The number of pyridine rings is 1. The number of rotatable bonds is 3. The molecule has 0 radical (unpaired) electrons. The fraction of sp³-hybridized carbons (Fsp3) is 0.462. The Bertz CT molecular complexity index is 626. The Labute approximate surface area is 104 Å². The van der Waals surface area contributed by atoms with Crippen molar-refractivity contribution in [3.63, 3.8) is 0 Å². The van der Waals surface area contributed by atoms with Crippen molar-refractivity contribution in [3.05, 3.63) is 23.0 Å². The van der Waals surface area contributed by atoms with Gasteiger partial charge in [-0.15, -0.1) is 0 Å². The summed E-state index contributed by atoms with van der Waals surface area (Å²) in [7, 11) is 0. The summed E-state index contributed by atoms with van der Waals surface area (Å²) in [5, 5.41) is 13.8. The van der Waals surface area contributed by atoms with Crippen LogP contribution in [0.5, 0.6) is 0 Å². The molecule has 1 aliphatic rings. The van der Waals surface area contributed by atoms with Crippen LogP contribution in [0.15, 0.2) is 10.6 Å². The van der Waals surface area contributed by atoms with Crippen LogP contribution in [-0.2, 0) is 0 Å². The Morgan fingerprint density at radius 3 is 2.78 bits per heavy atom. The van der Waals surface area contributed by atoms with Crippen molar-refractivity contribution in [1.82, 2.24) is 10.1 Å². The van der Waals surface area contributed by atoms with Crippen molar-refractivity contribution >= 4 is 17.1 Å². The number of hydrogen-bond donors (Lipinski definition) is 1. The van der Waals surface area contributed by atoms with Gasteiger partial charge in [-0.05, 0) is 24.8 Å². The van der Waals surface area contributed by atoms with E-state index in [0.29, 0.717) is 22.7 Å². The quantitative estimate of drug-likeness (QED) is 0.901. The molecule has 0 atom stereocenters. The van der Waals surface area contributed by atoms with Gasteiger partial charge in [0.1, 0.15) is 0 Å². The molecule has 3 rings (SSSR count). The molecule has 94 valence electrons. The van der Waals surface area contributed by atoms with Gasteiger partial charge in [0.15, 0.2) is 0 Å². The maximum absolute atomic E-state index is 11.4. The largest absolute Gasteiger partial charge is 0.478 e. The summed E-state index contributed by atoms with van der Waals surface area (Å²) < 4.78 is 5.20. The van der Waals surface area contributed by atoms with Crippen LogP contribution >= 0.6 is 0 Å². The average Bonchev–Trinajstić information content (AvgIpc) is 3.07. The van der Waals surface area contributed by atoms with Gasteiger partial charge in [0, 0.05) is 11.6 Å². The van der Waals surface area contributed by atoms with E-state index < -0.39 is 5.97 Å². The number of fused-ring (bicyclic) bond motifs is 1. The molecule has 5 heteroatoms. The summed E-state index contributed by atoms with van der Waals surface area (Å²) >= 11 is 0. The summed E-state index contributed by atoms with van der Waals surface area (Å²) in [6, 6.07) is 1.67. The number of aromatic carboxylic acids is 1. The summed E-state index contributed by atoms with van der Waals surface area (Å²) in [5.41, 5.74) is 2.08. The van der Waals surface area contributed by atoms with E-state index in [2.05, 4.69) is 10.1 Å². The van der Waals surface area contributed by atoms with Gasteiger partial charge in [0.05, 0.1) is 16.6 Å². The van der Waals surface area contributed by atoms with E-state index >= 15 is 0 Å². The second-order valence-corrected chi connectivity index (χ2v) is 5.08. The number of carboxylic acids is 1. The van der Waals surface area contributed by atoms with E-state index in [4.69, 9.17) is 4.52 Å². The Hall–Kier alpha value is -1.91. The summed E-state index contributed by atoms with van der Waals surface area (Å²) in [6.07, 6.45) is 2.14. The summed E-state index contributed by atoms with van der Waals surface area (Å²) in [6.45, 7) is 3.91. The smallest absolute Gasteiger partial charge is 0.336 e. The molecule has 5 nitrogen and oxygen atoms in total. The van der Waals surface area contributed by atoms with Gasteiger partial charge in [-0.3, -0.25) is 0 Å². The van der Waals surface area contributed by atoms with E-state index in [1.54, 1.807) is 6.07 Å². The van der Waals surface area contributed by atoms with Gasteiger partial charge >= 0.3 is 5.97 Å². The molecule has 2 aromatic rings. The van der Waals surface area contributed by atoms with Crippen LogP contribution in [0.2, 0.25) is 0 Å². The zero-order chi connectivity index (χ0) is 12.9. The standard InChI is InChI=1S/C13H14N2O3/c1-6(2)11-10-8(13(16)17)5-9(7-3-4-7)14-12(10)18-15-11/h5-7H,3-4H2,1-2H3,(H,16,17). The van der Waals surface area contributed by atoms with Crippen molar-refractivity contribution in [2.45, 2.75) is 38.5 Å². The molecule has 0 aromatic carbocycles. The third kappa shape index (κ3) is 1.66. The molecule has 0 saturated heterocycles. The molecule has 0 bridgehead atoms. The van der Waals surface area contributed by atoms with Crippen LogP contribution in [0.4, 0.5) is 0 Å². The molecular weight excluding hydrogens is 232 g/mol. The van der Waals surface area contributed by atoms with Crippen LogP contribution < -0.4 is 0 Å². The highest BCUT2D eigenvalue weighted by atomic mass is 16.5. The topological polar surface area (TPSA) is 76.2 Å². The monoisotopic (exact) mass is 246 g/mol. The Morgan fingerprint density at radius 2 is 2.22 bits per heavy atom. The van der Waals surface area contributed by atoms with Crippen molar-refractivity contribution in [2.75, 3.05) is 0 Å². The normalized spacial score (nSPS) is 15.5. The number of carbonyl (C=O) groups is 1. The number of aromatic nitrogens is 2. The maximum Gasteiger partial charge on any atom is 0.336 e. The molecule has 1 aliphatic carbocycles. The molecule has 0 amide bonds. The molecule has 0 spiro atoms. The highest BCUT2D eigenvalue weighted by molar-refractivity contribution is 6.02. The lowest BCUT2D eigenvalue weighted by Gasteiger charge is -2.04. The lowest BCUT2D eigenvalue weighted by Crippen LogP contribution is -2.02. The van der Waals surface area contributed by atoms with Gasteiger partial charge in [0.2, 0.25) is 0 Å². The van der Waals surface area contributed by atoms with E-state index in [0.717, 1.165) is 18.5 Å². The molecule has 0 unspecified atom stereocenters. The molecule has 1 N–H and O–H groups in total. The minimum absolute atomic E-state index is 0.109. The van der Waals surface area contributed by atoms with E-state index in [1.165, 1.54) is 0 Å². The van der Waals surface area contributed by atoms with Gasteiger partial charge in [-0.1, -0.05) is 19.0 Å². The second kappa shape index (κ2) is 3.80. The lowest BCUT2D eigenvalue weighted by atomic mass is 10.0. The van der Waals surface area contributed by atoms with Crippen LogP contribution in [0.3, 0.4) is 0 Å². The Morgan fingerprint density at radius 1 is 1.50 bits per heavy atom. The first-order valence-electron chi connectivity index (χ1n) is 6.11. The summed E-state index contributed by atoms with van der Waals surface area (Å²) in [5.74, 6) is -0.451. The molecule has 2 heterocycles. The van der Waals surface area contributed by atoms with Crippen LogP contribution in [0, 0.1) is 0 Å². The minimum Gasteiger partial charge on any atom is -0.478 e. The van der Waals surface area contributed by atoms with Gasteiger partial charge in [0.25, 0.3) is 5.71 Å². The number of hydrogen-bond acceptors (Lipinski definition) is 4. The molecule has 18 heavy (non-hydrogen) atoms. The highest BCUT2D eigenvalue weighted by Gasteiger charge is 2.29. The number of carboxylic acid groups (broad SMARTS) is 1. The van der Waals surface area contributed by atoms with Gasteiger partial charge in [-0.25, -0.2) is 9.78 Å². The Balaban J connectivity index is 2.28. The van der Waals surface area contributed by atoms with E-state index in [9.17, 15) is 9.90 Å². The van der Waals surface area contributed by atoms with Crippen molar-refractivity contribution in [2.24, 2.45) is 0 Å². The second-order valence-electron chi connectivity index (χ2n) is 5.08. The maximum atomic E-state index is 11.4. The summed E-state index contributed by atoms with van der Waals surface area (Å²) in [4.78, 5) is 15.8. The third-order valence-electron chi connectivity index (χ3n) is 3.27. The minimum atomic E-state index is -0.950. The predicted molar refractivity (Wildman–Crippen MR) is 64.8 cm³/mol. The fourth-order valence-corrected chi connectivity index (χ4v) is 2.14. The van der Waals surface area contributed by atoms with Crippen LogP contribution in [0.1, 0.15) is 60.3 Å². The Kier molecular flexibility index (Phi) is 2.36. The van der Waals surface area contributed by atoms with E-state index in [1.807, 2.05) is 13.8 Å². The third-order valence-corrected chi connectivity index (χ3v) is 3.27. The van der Waals surface area contributed by atoms with Gasteiger partial charge < -0.3 is 9.63 Å². The van der Waals surface area contributed by atoms with Gasteiger partial charge in [-0.2, -0.15) is 0 Å². The molecule has 1 fully saturated rings. The molecule has 1 saturated carbocycles. The first-order valence-corrected chi connectivity index (χ1v) is 6.11. The zero-order valence-electron chi connectivity index (χ0n) is 10.3. The fourth-order valence-electron chi connectivity index (χ4n) is 2.14. The molecule has 2 aromatic heterocycles. The first kappa shape index (κ1) is 11.2. The molecule has 0 aliphatic heterocycles. The molecular formula is C13H14N2O3. The van der Waals surface area contributed by atoms with Crippen LogP contribution in [0.25, 0.3) is 11.1 Å². The lowest BCUT2D eigenvalue weighted by molar-refractivity contribution is 0.0698. The van der Waals surface area contributed by atoms with Crippen molar-refractivity contribution in [1.29, 1.82) is 0 Å². The predicted octanol–water partition coefficient (Wildman–Crippen LogP) is 2.92. The van der Waals surface area contributed by atoms with Crippen molar-refractivity contribution < 1.29 is 14.4 Å². The van der Waals surface area contributed by atoms with E-state index in [-0.39, 0.29) is 11.5 Å². The number of nitrogens with zero attached hydrogens (tertiary/aromatic N) is 2. The average molecular weight is 246 g/mol.